The molecule has 4 nitrogen and oxygen atoms in total. The Morgan fingerprint density at radius 3 is 3.18 bits per heavy atom. The Morgan fingerprint density at radius 1 is 1.55 bits per heavy atom. The molecule has 0 aliphatic carbocycles. The molecule has 1 aromatic carbocycles. The van der Waals surface area contributed by atoms with Gasteiger partial charge < -0.3 is 9.64 Å². The molecule has 1 aliphatic heterocycles. The number of halogens is 1. The maximum absolute atomic E-state index is 13.3. The van der Waals surface area contributed by atoms with E-state index < -0.39 is 0 Å². The zero-order valence-corrected chi connectivity index (χ0v) is 13.1. The molecule has 0 N–H and O–H groups in total. The normalized spacial score (nSPS) is 18.5. The van der Waals surface area contributed by atoms with Crippen LogP contribution in [0.15, 0.2) is 29.6 Å². The number of carbonyl (C=O) groups is 1. The first kappa shape index (κ1) is 15.1. The van der Waals surface area contributed by atoms with Crippen LogP contribution in [0, 0.1) is 5.82 Å². The molecule has 1 unspecified atom stereocenters. The number of nitrogens with zero attached hydrogens (tertiary/aromatic N) is 2. The summed E-state index contributed by atoms with van der Waals surface area (Å²) < 4.78 is 18.6. The van der Waals surface area contributed by atoms with E-state index >= 15 is 0 Å². The SMILES string of the molecule is CC1COCCN1C(=O)Cc1csc(-c2cccc(F)c2)n1. The number of rotatable bonds is 3. The van der Waals surface area contributed by atoms with Crippen molar-refractivity contribution in [3.05, 3.63) is 41.2 Å². The predicted octanol–water partition coefficient (Wildman–Crippen LogP) is 2.74. The molecule has 2 heterocycles. The van der Waals surface area contributed by atoms with Crippen LogP contribution in [0.1, 0.15) is 12.6 Å². The van der Waals surface area contributed by atoms with E-state index in [9.17, 15) is 9.18 Å². The summed E-state index contributed by atoms with van der Waals surface area (Å²) in [6.07, 6.45) is 0.274. The largest absolute Gasteiger partial charge is 0.377 e. The van der Waals surface area contributed by atoms with Gasteiger partial charge in [0.25, 0.3) is 0 Å². The third-order valence-corrected chi connectivity index (χ3v) is 4.58. The molecular weight excluding hydrogens is 303 g/mol. The first-order valence-electron chi connectivity index (χ1n) is 7.21. The quantitative estimate of drug-likeness (QED) is 0.873. The number of morpholine rings is 1. The van der Waals surface area contributed by atoms with Crippen molar-refractivity contribution < 1.29 is 13.9 Å². The van der Waals surface area contributed by atoms with Gasteiger partial charge in [0, 0.05) is 17.5 Å². The van der Waals surface area contributed by atoms with E-state index in [0.29, 0.717) is 19.8 Å². The third kappa shape index (κ3) is 3.34. The van der Waals surface area contributed by atoms with Crippen molar-refractivity contribution >= 4 is 17.2 Å². The van der Waals surface area contributed by atoms with Crippen LogP contribution in [-0.2, 0) is 16.0 Å². The minimum Gasteiger partial charge on any atom is -0.377 e. The Bertz CT molecular complexity index is 674. The van der Waals surface area contributed by atoms with Crippen LogP contribution in [0.3, 0.4) is 0 Å². The standard InChI is InChI=1S/C16H17FN2O2S/c1-11-9-21-6-5-19(11)15(20)8-14-10-22-16(18-14)12-3-2-4-13(17)7-12/h2-4,7,10-11H,5-6,8-9H2,1H3. The van der Waals surface area contributed by atoms with Crippen LogP contribution in [-0.4, -0.2) is 41.6 Å². The highest BCUT2D eigenvalue weighted by atomic mass is 32.1. The van der Waals surface area contributed by atoms with Crippen molar-refractivity contribution in [1.82, 2.24) is 9.88 Å². The van der Waals surface area contributed by atoms with E-state index in [1.807, 2.05) is 23.3 Å². The summed E-state index contributed by atoms with van der Waals surface area (Å²) >= 11 is 1.43. The smallest absolute Gasteiger partial charge is 0.229 e. The molecule has 2 aromatic rings. The van der Waals surface area contributed by atoms with E-state index in [0.717, 1.165) is 16.3 Å². The van der Waals surface area contributed by atoms with Crippen molar-refractivity contribution in [2.45, 2.75) is 19.4 Å². The van der Waals surface area contributed by atoms with Crippen LogP contribution >= 0.6 is 11.3 Å². The molecule has 1 fully saturated rings. The van der Waals surface area contributed by atoms with Crippen molar-refractivity contribution in [2.24, 2.45) is 0 Å². The summed E-state index contributed by atoms with van der Waals surface area (Å²) in [5.41, 5.74) is 1.47. The molecule has 3 rings (SSSR count). The Labute approximate surface area is 132 Å². The molecule has 1 atom stereocenters. The van der Waals surface area contributed by atoms with Gasteiger partial charge in [0.05, 0.1) is 31.4 Å². The Morgan fingerprint density at radius 2 is 2.41 bits per heavy atom. The number of amides is 1. The van der Waals surface area contributed by atoms with Crippen molar-refractivity contribution in [3.63, 3.8) is 0 Å². The number of hydrogen-bond acceptors (Lipinski definition) is 4. The van der Waals surface area contributed by atoms with Gasteiger partial charge in [-0.05, 0) is 19.1 Å². The van der Waals surface area contributed by atoms with Crippen LogP contribution in [0.25, 0.3) is 10.6 Å². The van der Waals surface area contributed by atoms with E-state index in [-0.39, 0.29) is 24.2 Å². The second kappa shape index (κ2) is 6.54. The Hall–Kier alpha value is -1.79. The van der Waals surface area contributed by atoms with Crippen LogP contribution in [0.4, 0.5) is 4.39 Å². The maximum atomic E-state index is 13.3. The summed E-state index contributed by atoms with van der Waals surface area (Å²) in [6, 6.07) is 6.43. The van der Waals surface area contributed by atoms with Gasteiger partial charge in [-0.15, -0.1) is 11.3 Å². The summed E-state index contributed by atoms with van der Waals surface area (Å²) in [5, 5.41) is 2.60. The molecule has 6 heteroatoms. The van der Waals surface area contributed by atoms with Gasteiger partial charge in [-0.25, -0.2) is 9.37 Å². The van der Waals surface area contributed by atoms with Gasteiger partial charge in [-0.3, -0.25) is 4.79 Å². The zero-order valence-electron chi connectivity index (χ0n) is 12.3. The first-order valence-corrected chi connectivity index (χ1v) is 8.09. The molecule has 22 heavy (non-hydrogen) atoms. The number of hydrogen-bond donors (Lipinski definition) is 0. The maximum Gasteiger partial charge on any atom is 0.229 e. The van der Waals surface area contributed by atoms with E-state index in [2.05, 4.69) is 4.98 Å². The second-order valence-electron chi connectivity index (χ2n) is 5.34. The van der Waals surface area contributed by atoms with Crippen molar-refractivity contribution in [1.29, 1.82) is 0 Å². The zero-order chi connectivity index (χ0) is 15.5. The average molecular weight is 320 g/mol. The van der Waals surface area contributed by atoms with Gasteiger partial charge in [-0.1, -0.05) is 12.1 Å². The molecule has 1 aliphatic rings. The Balaban J connectivity index is 1.70. The van der Waals surface area contributed by atoms with E-state index in [4.69, 9.17) is 4.74 Å². The lowest BCUT2D eigenvalue weighted by Crippen LogP contribution is -2.47. The fourth-order valence-corrected chi connectivity index (χ4v) is 3.31. The van der Waals surface area contributed by atoms with Gasteiger partial charge >= 0.3 is 0 Å². The summed E-state index contributed by atoms with van der Waals surface area (Å²) in [5.74, 6) is -0.223. The first-order chi connectivity index (χ1) is 10.6. The van der Waals surface area contributed by atoms with Crippen LogP contribution in [0.5, 0.6) is 0 Å². The lowest BCUT2D eigenvalue weighted by atomic mass is 10.2. The van der Waals surface area contributed by atoms with Crippen LogP contribution < -0.4 is 0 Å². The fraction of sp³-hybridized carbons (Fsp3) is 0.375. The van der Waals surface area contributed by atoms with E-state index in [1.54, 1.807) is 6.07 Å². The highest BCUT2D eigenvalue weighted by Gasteiger charge is 2.24. The molecule has 0 saturated carbocycles. The third-order valence-electron chi connectivity index (χ3n) is 3.64. The molecular formula is C16H17FN2O2S. The number of aromatic nitrogens is 1. The second-order valence-corrected chi connectivity index (χ2v) is 6.20. The molecule has 1 aromatic heterocycles. The summed E-state index contributed by atoms with van der Waals surface area (Å²) in [6.45, 7) is 3.77. The molecule has 0 radical (unpaired) electrons. The minimum absolute atomic E-state index is 0.0619. The van der Waals surface area contributed by atoms with Crippen LogP contribution in [0.2, 0.25) is 0 Å². The van der Waals surface area contributed by atoms with Gasteiger partial charge in [0.15, 0.2) is 0 Å². The summed E-state index contributed by atoms with van der Waals surface area (Å²) in [4.78, 5) is 18.6. The summed E-state index contributed by atoms with van der Waals surface area (Å²) in [7, 11) is 0. The highest BCUT2D eigenvalue weighted by molar-refractivity contribution is 7.13. The van der Waals surface area contributed by atoms with Crippen molar-refractivity contribution in [2.75, 3.05) is 19.8 Å². The molecule has 1 saturated heterocycles. The number of ether oxygens (including phenoxy) is 1. The van der Waals surface area contributed by atoms with Gasteiger partial charge in [0.1, 0.15) is 10.8 Å². The molecule has 116 valence electrons. The number of benzene rings is 1. The fourth-order valence-electron chi connectivity index (χ4n) is 2.50. The average Bonchev–Trinajstić information content (AvgIpc) is 2.96. The van der Waals surface area contributed by atoms with Gasteiger partial charge in [0.2, 0.25) is 5.91 Å². The van der Waals surface area contributed by atoms with Crippen molar-refractivity contribution in [3.8, 4) is 10.6 Å². The molecule has 1 amide bonds. The minimum atomic E-state index is -0.285. The monoisotopic (exact) mass is 320 g/mol. The number of thiazole rings is 1. The highest BCUT2D eigenvalue weighted by Crippen LogP contribution is 2.24. The number of carbonyl (C=O) groups excluding carboxylic acids is 1. The molecule has 0 bridgehead atoms. The molecule has 0 spiro atoms. The predicted molar refractivity (Wildman–Crippen MR) is 83.2 cm³/mol. The van der Waals surface area contributed by atoms with E-state index in [1.165, 1.54) is 23.5 Å². The van der Waals surface area contributed by atoms with Gasteiger partial charge in [-0.2, -0.15) is 0 Å². The Kier molecular flexibility index (Phi) is 4.49. The lowest BCUT2D eigenvalue weighted by Gasteiger charge is -2.33. The lowest BCUT2D eigenvalue weighted by molar-refractivity contribution is -0.138. The topological polar surface area (TPSA) is 42.4 Å².